The highest BCUT2D eigenvalue weighted by molar-refractivity contribution is 5.73. The number of ether oxygens (including phenoxy) is 1. The quantitative estimate of drug-likeness (QED) is 0.815. The van der Waals surface area contributed by atoms with Crippen LogP contribution in [0.1, 0.15) is 11.1 Å². The molecule has 1 aromatic rings. The highest BCUT2D eigenvalue weighted by atomic mass is 16.5. The molecule has 0 aromatic heterocycles. The van der Waals surface area contributed by atoms with E-state index >= 15 is 0 Å². The Morgan fingerprint density at radius 1 is 1.53 bits per heavy atom. The lowest BCUT2D eigenvalue weighted by molar-refractivity contribution is -0.144. The highest BCUT2D eigenvalue weighted by Gasteiger charge is 2.22. The second kappa shape index (κ2) is 6.37. The topological polar surface area (TPSA) is 49.8 Å². The third-order valence-corrected chi connectivity index (χ3v) is 2.66. The molecule has 0 saturated carbocycles. The number of carboxylic acids is 1. The van der Waals surface area contributed by atoms with Gasteiger partial charge in [-0.05, 0) is 19.5 Å². The SMILES string of the molecule is COCC(C(=O)O)N(C)Cc1cccc(C)c1. The fourth-order valence-electron chi connectivity index (χ4n) is 1.75. The predicted octanol–water partition coefficient (Wildman–Crippen LogP) is 1.53. The van der Waals surface area contributed by atoms with Crippen LogP contribution in [-0.2, 0) is 16.1 Å². The van der Waals surface area contributed by atoms with E-state index < -0.39 is 12.0 Å². The van der Waals surface area contributed by atoms with Gasteiger partial charge >= 0.3 is 5.97 Å². The van der Waals surface area contributed by atoms with Crippen molar-refractivity contribution < 1.29 is 14.6 Å². The van der Waals surface area contributed by atoms with Crippen LogP contribution in [0.15, 0.2) is 24.3 Å². The van der Waals surface area contributed by atoms with Crippen LogP contribution >= 0.6 is 0 Å². The van der Waals surface area contributed by atoms with Crippen LogP contribution in [0.3, 0.4) is 0 Å². The van der Waals surface area contributed by atoms with Gasteiger partial charge in [0.05, 0.1) is 6.61 Å². The first-order valence-electron chi connectivity index (χ1n) is 5.52. The summed E-state index contributed by atoms with van der Waals surface area (Å²) in [5.74, 6) is -0.859. The number of rotatable bonds is 6. The number of hydrogen-bond donors (Lipinski definition) is 1. The van der Waals surface area contributed by atoms with Gasteiger partial charge in [-0.15, -0.1) is 0 Å². The Hall–Kier alpha value is -1.39. The molecule has 1 aromatic carbocycles. The Balaban J connectivity index is 2.69. The molecule has 0 aliphatic heterocycles. The molecule has 0 bridgehead atoms. The molecule has 0 spiro atoms. The number of nitrogens with zero attached hydrogens (tertiary/aromatic N) is 1. The molecule has 0 radical (unpaired) electrons. The molecule has 0 fully saturated rings. The largest absolute Gasteiger partial charge is 0.480 e. The molecule has 1 N–H and O–H groups in total. The number of carbonyl (C=O) groups is 1. The smallest absolute Gasteiger partial charge is 0.323 e. The fraction of sp³-hybridized carbons (Fsp3) is 0.462. The van der Waals surface area contributed by atoms with Crippen molar-refractivity contribution in [1.82, 2.24) is 4.90 Å². The van der Waals surface area contributed by atoms with E-state index in [0.717, 1.165) is 5.56 Å². The molecule has 0 aliphatic rings. The Kier molecular flexibility index (Phi) is 5.12. The third-order valence-electron chi connectivity index (χ3n) is 2.66. The molecule has 0 amide bonds. The number of benzene rings is 1. The number of likely N-dealkylation sites (N-methyl/N-ethyl adjacent to an activating group) is 1. The molecule has 0 aliphatic carbocycles. The van der Waals surface area contributed by atoms with Crippen molar-refractivity contribution >= 4 is 5.97 Å². The van der Waals surface area contributed by atoms with E-state index in [-0.39, 0.29) is 6.61 Å². The summed E-state index contributed by atoms with van der Waals surface area (Å²) < 4.78 is 4.93. The summed E-state index contributed by atoms with van der Waals surface area (Å²) in [5.41, 5.74) is 2.28. The van der Waals surface area contributed by atoms with E-state index in [1.54, 1.807) is 11.9 Å². The van der Waals surface area contributed by atoms with Crippen molar-refractivity contribution in [3.05, 3.63) is 35.4 Å². The first-order valence-corrected chi connectivity index (χ1v) is 5.52. The van der Waals surface area contributed by atoms with Gasteiger partial charge in [0.15, 0.2) is 0 Å². The highest BCUT2D eigenvalue weighted by Crippen LogP contribution is 2.09. The van der Waals surface area contributed by atoms with Gasteiger partial charge in [-0.1, -0.05) is 29.8 Å². The maximum Gasteiger partial charge on any atom is 0.323 e. The van der Waals surface area contributed by atoms with Gasteiger partial charge in [0.2, 0.25) is 0 Å². The van der Waals surface area contributed by atoms with Gasteiger partial charge in [0.25, 0.3) is 0 Å². The summed E-state index contributed by atoms with van der Waals surface area (Å²) >= 11 is 0. The average molecular weight is 237 g/mol. The summed E-state index contributed by atoms with van der Waals surface area (Å²) in [6, 6.07) is 7.44. The molecule has 1 atom stereocenters. The van der Waals surface area contributed by atoms with Crippen molar-refractivity contribution in [2.24, 2.45) is 0 Å². The Morgan fingerprint density at radius 3 is 2.76 bits per heavy atom. The monoisotopic (exact) mass is 237 g/mol. The van der Waals surface area contributed by atoms with Crippen molar-refractivity contribution in [2.75, 3.05) is 20.8 Å². The van der Waals surface area contributed by atoms with E-state index in [2.05, 4.69) is 6.07 Å². The van der Waals surface area contributed by atoms with E-state index in [1.165, 1.54) is 12.7 Å². The zero-order valence-corrected chi connectivity index (χ0v) is 10.5. The molecule has 4 nitrogen and oxygen atoms in total. The predicted molar refractivity (Wildman–Crippen MR) is 65.9 cm³/mol. The molecular weight excluding hydrogens is 218 g/mol. The van der Waals surface area contributed by atoms with E-state index in [1.807, 2.05) is 25.1 Å². The van der Waals surface area contributed by atoms with Gasteiger partial charge in [-0.2, -0.15) is 0 Å². The molecule has 1 rings (SSSR count). The van der Waals surface area contributed by atoms with Gasteiger partial charge in [0.1, 0.15) is 6.04 Å². The van der Waals surface area contributed by atoms with Gasteiger partial charge in [-0.3, -0.25) is 9.69 Å². The normalized spacial score (nSPS) is 12.7. The number of carboxylic acid groups (broad SMARTS) is 1. The van der Waals surface area contributed by atoms with Crippen LogP contribution in [0.4, 0.5) is 0 Å². The number of aliphatic carboxylic acids is 1. The number of hydrogen-bond acceptors (Lipinski definition) is 3. The van der Waals surface area contributed by atoms with E-state index in [9.17, 15) is 4.79 Å². The number of methoxy groups -OCH3 is 1. The fourth-order valence-corrected chi connectivity index (χ4v) is 1.75. The lowest BCUT2D eigenvalue weighted by Gasteiger charge is -2.24. The van der Waals surface area contributed by atoms with E-state index in [4.69, 9.17) is 9.84 Å². The van der Waals surface area contributed by atoms with Crippen molar-refractivity contribution in [3.8, 4) is 0 Å². The summed E-state index contributed by atoms with van der Waals surface area (Å²) in [6.07, 6.45) is 0. The minimum Gasteiger partial charge on any atom is -0.480 e. The third kappa shape index (κ3) is 4.17. The first-order chi connectivity index (χ1) is 8.04. The van der Waals surface area contributed by atoms with Crippen molar-refractivity contribution in [3.63, 3.8) is 0 Å². The lowest BCUT2D eigenvalue weighted by Crippen LogP contribution is -2.41. The van der Waals surface area contributed by atoms with Crippen molar-refractivity contribution in [1.29, 1.82) is 0 Å². The summed E-state index contributed by atoms with van der Waals surface area (Å²) in [7, 11) is 3.30. The minimum atomic E-state index is -0.859. The van der Waals surface area contributed by atoms with Crippen LogP contribution in [0, 0.1) is 6.92 Å². The Morgan fingerprint density at radius 2 is 2.24 bits per heavy atom. The summed E-state index contributed by atoms with van der Waals surface area (Å²) in [4.78, 5) is 12.8. The standard InChI is InChI=1S/C13H19NO3/c1-10-5-4-6-11(7-10)8-14(2)12(9-17-3)13(15)16/h4-7,12H,8-9H2,1-3H3,(H,15,16). The van der Waals surface area contributed by atoms with Crippen molar-refractivity contribution in [2.45, 2.75) is 19.5 Å². The first kappa shape index (κ1) is 13.7. The molecular formula is C13H19NO3. The zero-order chi connectivity index (χ0) is 12.8. The van der Waals surface area contributed by atoms with Crippen LogP contribution in [0.2, 0.25) is 0 Å². The Bertz CT molecular complexity index is 379. The molecule has 0 heterocycles. The Labute approximate surface area is 102 Å². The molecule has 0 saturated heterocycles. The molecule has 17 heavy (non-hydrogen) atoms. The zero-order valence-electron chi connectivity index (χ0n) is 10.5. The second-order valence-electron chi connectivity index (χ2n) is 4.21. The molecule has 94 valence electrons. The maximum atomic E-state index is 11.1. The summed E-state index contributed by atoms with van der Waals surface area (Å²) in [5, 5.41) is 9.09. The number of aryl methyl sites for hydroxylation is 1. The van der Waals surface area contributed by atoms with E-state index in [0.29, 0.717) is 6.54 Å². The van der Waals surface area contributed by atoms with Crippen LogP contribution < -0.4 is 0 Å². The maximum absolute atomic E-state index is 11.1. The minimum absolute atomic E-state index is 0.192. The van der Waals surface area contributed by atoms with Crippen LogP contribution in [0.25, 0.3) is 0 Å². The summed E-state index contributed by atoms with van der Waals surface area (Å²) in [6.45, 7) is 2.81. The van der Waals surface area contributed by atoms with Crippen LogP contribution in [-0.4, -0.2) is 42.8 Å². The lowest BCUT2D eigenvalue weighted by atomic mass is 10.1. The average Bonchev–Trinajstić information content (AvgIpc) is 2.25. The molecule has 1 unspecified atom stereocenters. The van der Waals surface area contributed by atoms with Crippen LogP contribution in [0.5, 0.6) is 0 Å². The second-order valence-corrected chi connectivity index (χ2v) is 4.21. The van der Waals surface area contributed by atoms with Gasteiger partial charge in [-0.25, -0.2) is 0 Å². The van der Waals surface area contributed by atoms with Gasteiger partial charge in [0, 0.05) is 13.7 Å². The van der Waals surface area contributed by atoms with Gasteiger partial charge < -0.3 is 9.84 Å². The molecule has 4 heteroatoms.